The summed E-state index contributed by atoms with van der Waals surface area (Å²) in [5.41, 5.74) is 3.33. The van der Waals surface area contributed by atoms with Gasteiger partial charge in [-0.2, -0.15) is 5.10 Å². The molecule has 142 valence electrons. The van der Waals surface area contributed by atoms with Gasteiger partial charge in [-0.1, -0.05) is 6.07 Å². The molecule has 0 spiro atoms. The zero-order valence-electron chi connectivity index (χ0n) is 15.4. The third-order valence-corrected chi connectivity index (χ3v) is 5.73. The standard InChI is InChI=1S/C20H25N5O2/c26-19(22-12-14-2-1-7-21-11-14)15-5-8-25(9-6-15)20(27)16-3-4-18-17(10-16)13-23-24-18/h1-2,7,11,13,15-16H,3-6,8-10,12H2,(H,22,26)(H,23,24). The first-order valence-electron chi connectivity index (χ1n) is 9.67. The van der Waals surface area contributed by atoms with Crippen LogP contribution in [0.4, 0.5) is 0 Å². The molecule has 1 atom stereocenters. The van der Waals surface area contributed by atoms with Crippen LogP contribution in [0.25, 0.3) is 0 Å². The summed E-state index contributed by atoms with van der Waals surface area (Å²) in [5, 5.41) is 10.1. The van der Waals surface area contributed by atoms with Gasteiger partial charge in [-0.3, -0.25) is 19.7 Å². The third kappa shape index (κ3) is 4.02. The number of aromatic amines is 1. The number of nitrogens with zero attached hydrogens (tertiary/aromatic N) is 3. The van der Waals surface area contributed by atoms with Crippen LogP contribution in [0.2, 0.25) is 0 Å². The number of aromatic nitrogens is 3. The van der Waals surface area contributed by atoms with E-state index in [-0.39, 0.29) is 23.7 Å². The van der Waals surface area contributed by atoms with Crippen LogP contribution in [0.3, 0.4) is 0 Å². The van der Waals surface area contributed by atoms with Gasteiger partial charge in [0.15, 0.2) is 0 Å². The second kappa shape index (κ2) is 7.90. The van der Waals surface area contributed by atoms with Gasteiger partial charge in [0, 0.05) is 49.6 Å². The smallest absolute Gasteiger partial charge is 0.226 e. The molecule has 2 aliphatic rings. The molecule has 1 saturated heterocycles. The van der Waals surface area contributed by atoms with E-state index in [1.165, 1.54) is 11.3 Å². The fraction of sp³-hybridized carbons (Fsp3) is 0.500. The maximum absolute atomic E-state index is 12.9. The Bertz CT molecular complexity index is 796. The number of fused-ring (bicyclic) bond motifs is 1. The molecule has 1 aliphatic carbocycles. The Balaban J connectivity index is 1.25. The summed E-state index contributed by atoms with van der Waals surface area (Å²) in [6, 6.07) is 3.81. The van der Waals surface area contributed by atoms with Crippen LogP contribution in [0, 0.1) is 11.8 Å². The number of hydrogen-bond donors (Lipinski definition) is 2. The fourth-order valence-corrected chi connectivity index (χ4v) is 4.08. The number of aryl methyl sites for hydroxylation is 1. The van der Waals surface area contributed by atoms with E-state index in [1.54, 1.807) is 12.4 Å². The summed E-state index contributed by atoms with van der Waals surface area (Å²) in [4.78, 5) is 31.3. The highest BCUT2D eigenvalue weighted by molar-refractivity contribution is 5.81. The molecule has 1 aliphatic heterocycles. The number of H-pyrrole nitrogens is 1. The molecule has 0 aromatic carbocycles. The largest absolute Gasteiger partial charge is 0.352 e. The van der Waals surface area contributed by atoms with Crippen LogP contribution in [0.1, 0.15) is 36.1 Å². The Morgan fingerprint density at radius 1 is 1.19 bits per heavy atom. The minimum atomic E-state index is -0.0162. The lowest BCUT2D eigenvalue weighted by atomic mass is 9.86. The molecule has 27 heavy (non-hydrogen) atoms. The highest BCUT2D eigenvalue weighted by atomic mass is 16.2. The second-order valence-electron chi connectivity index (χ2n) is 7.49. The van der Waals surface area contributed by atoms with E-state index in [0.29, 0.717) is 19.6 Å². The minimum Gasteiger partial charge on any atom is -0.352 e. The quantitative estimate of drug-likeness (QED) is 0.856. The second-order valence-corrected chi connectivity index (χ2v) is 7.49. The highest BCUT2D eigenvalue weighted by Gasteiger charge is 2.32. The maximum atomic E-state index is 12.9. The highest BCUT2D eigenvalue weighted by Crippen LogP contribution is 2.27. The first-order valence-corrected chi connectivity index (χ1v) is 9.67. The first kappa shape index (κ1) is 17.7. The van der Waals surface area contributed by atoms with Crippen molar-refractivity contribution in [3.8, 4) is 0 Å². The van der Waals surface area contributed by atoms with Gasteiger partial charge < -0.3 is 10.2 Å². The van der Waals surface area contributed by atoms with Crippen molar-refractivity contribution >= 4 is 11.8 Å². The van der Waals surface area contributed by atoms with Gasteiger partial charge in [0.1, 0.15) is 0 Å². The molecule has 2 aromatic rings. The Morgan fingerprint density at radius 2 is 2.04 bits per heavy atom. The lowest BCUT2D eigenvalue weighted by Gasteiger charge is -2.34. The van der Waals surface area contributed by atoms with Gasteiger partial charge in [0.2, 0.25) is 11.8 Å². The molecular weight excluding hydrogens is 342 g/mol. The molecule has 4 rings (SSSR count). The molecule has 1 unspecified atom stereocenters. The molecule has 7 heteroatoms. The molecule has 2 N–H and O–H groups in total. The minimum absolute atomic E-state index is 0.0162. The fourth-order valence-electron chi connectivity index (χ4n) is 4.08. The zero-order chi connectivity index (χ0) is 18.6. The molecule has 3 heterocycles. The van der Waals surface area contributed by atoms with Crippen LogP contribution in [-0.4, -0.2) is 45.0 Å². The van der Waals surface area contributed by atoms with E-state index in [9.17, 15) is 9.59 Å². The van der Waals surface area contributed by atoms with Gasteiger partial charge in [-0.05, 0) is 49.3 Å². The van der Waals surface area contributed by atoms with E-state index in [0.717, 1.165) is 37.7 Å². The van der Waals surface area contributed by atoms with Crippen molar-refractivity contribution in [2.75, 3.05) is 13.1 Å². The molecule has 0 bridgehead atoms. The van der Waals surface area contributed by atoms with Gasteiger partial charge in [-0.15, -0.1) is 0 Å². The van der Waals surface area contributed by atoms with Crippen LogP contribution in [0.5, 0.6) is 0 Å². The normalized spacial score (nSPS) is 20.1. The molecular formula is C20H25N5O2. The SMILES string of the molecule is O=C(NCc1cccnc1)C1CCN(C(=O)C2CCc3[nH]ncc3C2)CC1. The number of hydrogen-bond acceptors (Lipinski definition) is 4. The van der Waals surface area contributed by atoms with E-state index in [4.69, 9.17) is 0 Å². The number of likely N-dealkylation sites (tertiary alicyclic amines) is 1. The summed E-state index contributed by atoms with van der Waals surface area (Å²) < 4.78 is 0. The number of carbonyl (C=O) groups excluding carboxylic acids is 2. The van der Waals surface area contributed by atoms with Crippen molar-refractivity contribution in [3.05, 3.63) is 47.5 Å². The number of piperidine rings is 1. The van der Waals surface area contributed by atoms with E-state index in [1.807, 2.05) is 23.2 Å². The van der Waals surface area contributed by atoms with Crippen molar-refractivity contribution < 1.29 is 9.59 Å². The maximum Gasteiger partial charge on any atom is 0.226 e. The van der Waals surface area contributed by atoms with Crippen molar-refractivity contribution in [3.63, 3.8) is 0 Å². The average Bonchev–Trinajstić information content (AvgIpc) is 3.20. The molecule has 0 radical (unpaired) electrons. The summed E-state index contributed by atoms with van der Waals surface area (Å²) >= 11 is 0. The molecule has 2 aromatic heterocycles. The molecule has 1 fully saturated rings. The zero-order valence-corrected chi connectivity index (χ0v) is 15.4. The monoisotopic (exact) mass is 367 g/mol. The van der Waals surface area contributed by atoms with Crippen LogP contribution in [-0.2, 0) is 29.0 Å². The number of pyridine rings is 1. The predicted molar refractivity (Wildman–Crippen MR) is 99.5 cm³/mol. The van der Waals surface area contributed by atoms with Gasteiger partial charge in [-0.25, -0.2) is 0 Å². The van der Waals surface area contributed by atoms with E-state index < -0.39 is 0 Å². The summed E-state index contributed by atoms with van der Waals surface area (Å²) in [6.07, 6.45) is 9.32. The summed E-state index contributed by atoms with van der Waals surface area (Å²) in [5.74, 6) is 0.339. The van der Waals surface area contributed by atoms with Crippen molar-refractivity contribution in [1.82, 2.24) is 25.4 Å². The van der Waals surface area contributed by atoms with Crippen LogP contribution < -0.4 is 5.32 Å². The van der Waals surface area contributed by atoms with Crippen LogP contribution >= 0.6 is 0 Å². The number of nitrogens with one attached hydrogen (secondary N) is 2. The number of rotatable bonds is 4. The van der Waals surface area contributed by atoms with Gasteiger partial charge in [0.25, 0.3) is 0 Å². The summed E-state index contributed by atoms with van der Waals surface area (Å²) in [6.45, 7) is 1.83. The van der Waals surface area contributed by atoms with Crippen LogP contribution in [0.15, 0.2) is 30.7 Å². The van der Waals surface area contributed by atoms with Gasteiger partial charge >= 0.3 is 0 Å². The lowest BCUT2D eigenvalue weighted by molar-refractivity contribution is -0.139. The Kier molecular flexibility index (Phi) is 5.18. The molecule has 2 amide bonds. The number of carbonyl (C=O) groups is 2. The van der Waals surface area contributed by atoms with Gasteiger partial charge in [0.05, 0.1) is 6.20 Å². The Hall–Kier alpha value is -2.70. The number of amides is 2. The van der Waals surface area contributed by atoms with E-state index in [2.05, 4.69) is 20.5 Å². The average molecular weight is 367 g/mol. The van der Waals surface area contributed by atoms with E-state index >= 15 is 0 Å². The predicted octanol–water partition coefficient (Wildman–Crippen LogP) is 1.46. The first-order chi connectivity index (χ1) is 13.2. The molecule has 7 nitrogen and oxygen atoms in total. The van der Waals surface area contributed by atoms with Crippen molar-refractivity contribution in [1.29, 1.82) is 0 Å². The lowest BCUT2D eigenvalue weighted by Crippen LogP contribution is -2.45. The Labute approximate surface area is 158 Å². The van der Waals surface area contributed by atoms with Crippen molar-refractivity contribution in [2.45, 2.75) is 38.6 Å². The summed E-state index contributed by atoms with van der Waals surface area (Å²) in [7, 11) is 0. The third-order valence-electron chi connectivity index (χ3n) is 5.73. The topological polar surface area (TPSA) is 91.0 Å². The Morgan fingerprint density at radius 3 is 2.81 bits per heavy atom. The van der Waals surface area contributed by atoms with Crippen molar-refractivity contribution in [2.24, 2.45) is 11.8 Å². The molecule has 0 saturated carbocycles.